The molecule has 0 aromatic carbocycles. The fourth-order valence-electron chi connectivity index (χ4n) is 3.51. The van der Waals surface area contributed by atoms with Crippen LogP contribution in [0.25, 0.3) is 0 Å². The van der Waals surface area contributed by atoms with Gasteiger partial charge >= 0.3 is 0 Å². The van der Waals surface area contributed by atoms with Crippen LogP contribution >= 0.6 is 0 Å². The zero-order chi connectivity index (χ0) is 21.4. The first-order chi connectivity index (χ1) is 12.9. The lowest BCUT2D eigenvalue weighted by atomic mass is 10.0. The average molecular weight is 399 g/mol. The molecule has 0 aliphatic carbocycles. The highest BCUT2D eigenvalue weighted by atomic mass is 16.5. The summed E-state index contributed by atoms with van der Waals surface area (Å²) >= 11 is 0. The maximum atomic E-state index is 12.6. The van der Waals surface area contributed by atoms with Crippen LogP contribution in [-0.2, 0) is 9.53 Å². The van der Waals surface area contributed by atoms with E-state index >= 15 is 0 Å². The molecular weight excluding hydrogens is 352 g/mol. The second kappa shape index (κ2) is 11.5. The van der Waals surface area contributed by atoms with Gasteiger partial charge in [-0.15, -0.1) is 0 Å². The number of hydrogen-bond donors (Lipinski definition) is 0. The van der Waals surface area contributed by atoms with E-state index in [2.05, 4.69) is 70.2 Å². The van der Waals surface area contributed by atoms with Crippen molar-refractivity contribution in [3.8, 4) is 0 Å². The van der Waals surface area contributed by atoms with Crippen LogP contribution in [0.4, 0.5) is 0 Å². The summed E-state index contributed by atoms with van der Waals surface area (Å²) in [6.45, 7) is 24.1. The smallest absolute Gasteiger partial charge is 0.236 e. The zero-order valence-electron chi connectivity index (χ0n) is 19.9. The fourth-order valence-corrected chi connectivity index (χ4v) is 3.51. The van der Waals surface area contributed by atoms with Gasteiger partial charge in [0.2, 0.25) is 5.91 Å². The molecule has 0 spiro atoms. The molecule has 0 saturated carbocycles. The Morgan fingerprint density at radius 2 is 1.57 bits per heavy atom. The maximum absolute atomic E-state index is 12.6. The third kappa shape index (κ3) is 10.2. The van der Waals surface area contributed by atoms with Crippen molar-refractivity contribution in [1.29, 1.82) is 0 Å². The van der Waals surface area contributed by atoms with Gasteiger partial charge in [-0.2, -0.15) is 0 Å². The SMILES string of the molecule is CCN(CCCN(C)CC(=O)N1CCN(C(C)(C)C)CC1)CCOC(C)(C)C. The molecule has 1 aliphatic heterocycles. The normalized spacial score (nSPS) is 17.0. The predicted octanol–water partition coefficient (Wildman–Crippen LogP) is 2.39. The predicted molar refractivity (Wildman–Crippen MR) is 118 cm³/mol. The summed E-state index contributed by atoms with van der Waals surface area (Å²) in [6.07, 6.45) is 1.07. The first kappa shape index (κ1) is 25.3. The van der Waals surface area contributed by atoms with Crippen molar-refractivity contribution in [2.75, 3.05) is 72.6 Å². The van der Waals surface area contributed by atoms with Gasteiger partial charge in [0.1, 0.15) is 0 Å². The molecule has 0 unspecified atom stereocenters. The Morgan fingerprint density at radius 1 is 0.964 bits per heavy atom. The van der Waals surface area contributed by atoms with Crippen molar-refractivity contribution in [3.05, 3.63) is 0 Å². The molecule has 1 rings (SSSR count). The molecule has 0 aromatic rings. The number of rotatable bonds is 10. The number of likely N-dealkylation sites (N-methyl/N-ethyl adjacent to an activating group) is 2. The number of nitrogens with zero attached hydrogens (tertiary/aromatic N) is 4. The van der Waals surface area contributed by atoms with Crippen LogP contribution in [0.2, 0.25) is 0 Å². The molecule has 166 valence electrons. The Morgan fingerprint density at radius 3 is 2.07 bits per heavy atom. The van der Waals surface area contributed by atoms with Crippen molar-refractivity contribution >= 4 is 5.91 Å². The zero-order valence-corrected chi connectivity index (χ0v) is 19.9. The Bertz CT molecular complexity index is 448. The summed E-state index contributed by atoms with van der Waals surface area (Å²) in [5.74, 6) is 0.266. The van der Waals surface area contributed by atoms with Gasteiger partial charge in [0, 0.05) is 38.3 Å². The topological polar surface area (TPSA) is 39.3 Å². The van der Waals surface area contributed by atoms with E-state index in [1.807, 2.05) is 4.90 Å². The van der Waals surface area contributed by atoms with Crippen LogP contribution in [0.3, 0.4) is 0 Å². The van der Waals surface area contributed by atoms with Crippen LogP contribution in [0.1, 0.15) is 54.9 Å². The van der Waals surface area contributed by atoms with Crippen molar-refractivity contribution in [1.82, 2.24) is 19.6 Å². The number of carbonyl (C=O) groups excluding carboxylic acids is 1. The number of hydrogen-bond acceptors (Lipinski definition) is 5. The van der Waals surface area contributed by atoms with E-state index in [0.717, 1.165) is 65.4 Å². The number of carbonyl (C=O) groups is 1. The van der Waals surface area contributed by atoms with E-state index in [1.165, 1.54) is 0 Å². The van der Waals surface area contributed by atoms with E-state index in [0.29, 0.717) is 6.54 Å². The molecular formula is C22H46N4O2. The summed E-state index contributed by atoms with van der Waals surface area (Å²) in [5, 5.41) is 0. The molecule has 0 N–H and O–H groups in total. The molecule has 1 fully saturated rings. The first-order valence-electron chi connectivity index (χ1n) is 11.0. The standard InChI is InChI=1S/C22H46N4O2/c1-9-24(17-18-28-22(5,6)7)12-10-11-23(8)19-20(27)25-13-15-26(16-14-25)21(2,3)4/h9-19H2,1-8H3. The number of piperazine rings is 1. The van der Waals surface area contributed by atoms with Gasteiger partial charge < -0.3 is 14.5 Å². The van der Waals surface area contributed by atoms with Gasteiger partial charge in [-0.3, -0.25) is 14.6 Å². The van der Waals surface area contributed by atoms with Crippen molar-refractivity contribution < 1.29 is 9.53 Å². The van der Waals surface area contributed by atoms with E-state index in [1.54, 1.807) is 0 Å². The Labute approximate surface area is 174 Å². The van der Waals surface area contributed by atoms with E-state index < -0.39 is 0 Å². The van der Waals surface area contributed by atoms with E-state index in [4.69, 9.17) is 4.74 Å². The highest BCUT2D eigenvalue weighted by Gasteiger charge is 2.27. The van der Waals surface area contributed by atoms with Crippen LogP contribution < -0.4 is 0 Å². The third-order valence-corrected chi connectivity index (χ3v) is 5.39. The lowest BCUT2D eigenvalue weighted by Gasteiger charge is -2.42. The van der Waals surface area contributed by atoms with Crippen LogP contribution in [0.5, 0.6) is 0 Å². The van der Waals surface area contributed by atoms with E-state index in [-0.39, 0.29) is 17.0 Å². The second-order valence-corrected chi connectivity index (χ2v) is 10.0. The van der Waals surface area contributed by atoms with Gasteiger partial charge in [-0.05, 0) is 74.6 Å². The quantitative estimate of drug-likeness (QED) is 0.565. The molecule has 1 amide bonds. The monoisotopic (exact) mass is 398 g/mol. The molecule has 0 atom stereocenters. The molecule has 1 aliphatic rings. The summed E-state index contributed by atoms with van der Waals surface area (Å²) in [5.41, 5.74) is 0.118. The van der Waals surface area contributed by atoms with Crippen LogP contribution in [0, 0.1) is 0 Å². The minimum atomic E-state index is -0.0711. The fraction of sp³-hybridized carbons (Fsp3) is 0.955. The van der Waals surface area contributed by atoms with Gasteiger partial charge in [0.25, 0.3) is 0 Å². The lowest BCUT2D eigenvalue weighted by Crippen LogP contribution is -2.55. The number of amides is 1. The van der Waals surface area contributed by atoms with Gasteiger partial charge in [-0.25, -0.2) is 0 Å². The molecule has 1 heterocycles. The molecule has 0 radical (unpaired) electrons. The maximum Gasteiger partial charge on any atom is 0.236 e. The van der Waals surface area contributed by atoms with Crippen LogP contribution in [0.15, 0.2) is 0 Å². The third-order valence-electron chi connectivity index (χ3n) is 5.39. The van der Waals surface area contributed by atoms with Crippen molar-refractivity contribution in [2.45, 2.75) is 66.0 Å². The second-order valence-electron chi connectivity index (χ2n) is 10.0. The summed E-state index contributed by atoms with van der Waals surface area (Å²) in [4.78, 5) is 21.7. The molecule has 28 heavy (non-hydrogen) atoms. The highest BCUT2D eigenvalue weighted by molar-refractivity contribution is 5.78. The molecule has 6 heteroatoms. The van der Waals surface area contributed by atoms with E-state index in [9.17, 15) is 4.79 Å². The van der Waals surface area contributed by atoms with Gasteiger partial charge in [-0.1, -0.05) is 6.92 Å². The lowest BCUT2D eigenvalue weighted by molar-refractivity contribution is -0.134. The molecule has 6 nitrogen and oxygen atoms in total. The molecule has 0 aromatic heterocycles. The molecule has 0 bridgehead atoms. The Balaban J connectivity index is 2.23. The van der Waals surface area contributed by atoms with Gasteiger partial charge in [0.15, 0.2) is 0 Å². The minimum Gasteiger partial charge on any atom is -0.375 e. The minimum absolute atomic E-state index is 0.0711. The average Bonchev–Trinajstić information content (AvgIpc) is 2.58. The Kier molecular flexibility index (Phi) is 10.4. The van der Waals surface area contributed by atoms with Crippen LogP contribution in [-0.4, -0.2) is 109 Å². The van der Waals surface area contributed by atoms with Crippen molar-refractivity contribution in [3.63, 3.8) is 0 Å². The summed E-state index contributed by atoms with van der Waals surface area (Å²) in [7, 11) is 2.06. The first-order valence-corrected chi connectivity index (χ1v) is 11.0. The van der Waals surface area contributed by atoms with Gasteiger partial charge in [0.05, 0.1) is 18.8 Å². The van der Waals surface area contributed by atoms with Crippen molar-refractivity contribution in [2.24, 2.45) is 0 Å². The number of ether oxygens (including phenoxy) is 1. The highest BCUT2D eigenvalue weighted by Crippen LogP contribution is 2.15. The summed E-state index contributed by atoms with van der Waals surface area (Å²) in [6, 6.07) is 0. The Hall–Kier alpha value is -0.690. The largest absolute Gasteiger partial charge is 0.375 e. The summed E-state index contributed by atoms with van der Waals surface area (Å²) < 4.78 is 5.83. The molecule has 1 saturated heterocycles.